The van der Waals surface area contributed by atoms with E-state index in [0.29, 0.717) is 6.42 Å². The summed E-state index contributed by atoms with van der Waals surface area (Å²) in [6.07, 6.45) is 5.07. The first-order chi connectivity index (χ1) is 8.67. The van der Waals surface area contributed by atoms with Crippen LogP contribution in [0.2, 0.25) is 0 Å². The first kappa shape index (κ1) is 15.4. The van der Waals surface area contributed by atoms with E-state index in [1.54, 1.807) is 0 Å². The molecule has 1 rings (SSSR count). The van der Waals surface area contributed by atoms with E-state index in [4.69, 9.17) is 5.84 Å². The molecule has 0 saturated carbocycles. The lowest BCUT2D eigenvalue weighted by Gasteiger charge is -2.36. The largest absolute Gasteiger partial charge is 0.303 e. The Kier molecular flexibility index (Phi) is 7.23. The molecule has 1 amide bonds. The second-order valence-corrected chi connectivity index (χ2v) is 5.17. The third-order valence-corrected chi connectivity index (χ3v) is 3.95. The van der Waals surface area contributed by atoms with Crippen LogP contribution in [0.15, 0.2) is 0 Å². The smallest absolute Gasteiger partial charge is 0.233 e. The number of nitrogens with two attached hydrogens (primary N) is 1. The number of hydrogen-bond donors (Lipinski definition) is 2. The molecule has 1 saturated heterocycles. The number of nitrogens with one attached hydrogen (secondary N) is 1. The molecule has 0 aromatic rings. The van der Waals surface area contributed by atoms with Gasteiger partial charge in [-0.2, -0.15) is 0 Å². The Morgan fingerprint density at radius 1 is 1.39 bits per heavy atom. The number of nitrogens with zero attached hydrogens (tertiary/aromatic N) is 2. The van der Waals surface area contributed by atoms with E-state index in [9.17, 15) is 4.79 Å². The Hall–Kier alpha value is -0.650. The molecule has 0 bridgehead atoms. The summed E-state index contributed by atoms with van der Waals surface area (Å²) in [4.78, 5) is 15.9. The van der Waals surface area contributed by atoms with Crippen molar-refractivity contribution >= 4 is 5.91 Å². The summed E-state index contributed by atoms with van der Waals surface area (Å²) in [5.41, 5.74) is 2.17. The number of carbonyl (C=O) groups excluding carboxylic acids is 1. The number of hydrogen-bond acceptors (Lipinski definition) is 4. The SMILES string of the molecule is CCN1CCC(N(C)CCCCC(=O)NN)CC1. The summed E-state index contributed by atoms with van der Waals surface area (Å²) >= 11 is 0. The molecule has 5 nitrogen and oxygen atoms in total. The monoisotopic (exact) mass is 256 g/mol. The van der Waals surface area contributed by atoms with Crippen molar-refractivity contribution in [1.82, 2.24) is 15.2 Å². The third kappa shape index (κ3) is 5.33. The first-order valence-electron chi connectivity index (χ1n) is 7.09. The predicted molar refractivity (Wildman–Crippen MR) is 73.9 cm³/mol. The van der Waals surface area contributed by atoms with Gasteiger partial charge < -0.3 is 9.80 Å². The van der Waals surface area contributed by atoms with Crippen molar-refractivity contribution in [2.75, 3.05) is 33.2 Å². The Bertz CT molecular complexity index is 239. The summed E-state index contributed by atoms with van der Waals surface area (Å²) in [7, 11) is 2.20. The molecule has 1 fully saturated rings. The van der Waals surface area contributed by atoms with Crippen LogP contribution in [-0.2, 0) is 4.79 Å². The van der Waals surface area contributed by atoms with Crippen LogP contribution in [-0.4, -0.2) is 55.0 Å². The summed E-state index contributed by atoms with van der Waals surface area (Å²) in [5, 5.41) is 0. The van der Waals surface area contributed by atoms with E-state index >= 15 is 0 Å². The van der Waals surface area contributed by atoms with Gasteiger partial charge in [-0.1, -0.05) is 6.92 Å². The molecular weight excluding hydrogens is 228 g/mol. The lowest BCUT2D eigenvalue weighted by Crippen LogP contribution is -2.43. The topological polar surface area (TPSA) is 61.6 Å². The van der Waals surface area contributed by atoms with Crippen LogP contribution in [0.4, 0.5) is 0 Å². The summed E-state index contributed by atoms with van der Waals surface area (Å²) in [5.74, 6) is 4.98. The molecule has 1 aliphatic rings. The van der Waals surface area contributed by atoms with Crippen molar-refractivity contribution in [2.24, 2.45) is 5.84 Å². The molecular formula is C13H28N4O. The van der Waals surface area contributed by atoms with Gasteiger partial charge in [0.1, 0.15) is 0 Å². The molecule has 3 N–H and O–H groups in total. The number of likely N-dealkylation sites (tertiary alicyclic amines) is 1. The van der Waals surface area contributed by atoms with Gasteiger partial charge in [0.15, 0.2) is 0 Å². The maximum atomic E-state index is 11.0. The van der Waals surface area contributed by atoms with E-state index in [-0.39, 0.29) is 5.91 Å². The minimum absolute atomic E-state index is 0.0612. The van der Waals surface area contributed by atoms with E-state index in [1.165, 1.54) is 32.5 Å². The fraction of sp³-hybridized carbons (Fsp3) is 0.923. The summed E-state index contributed by atoms with van der Waals surface area (Å²) in [6, 6.07) is 0.719. The van der Waals surface area contributed by atoms with Crippen molar-refractivity contribution in [3.05, 3.63) is 0 Å². The van der Waals surface area contributed by atoms with Crippen molar-refractivity contribution in [1.29, 1.82) is 0 Å². The molecule has 0 radical (unpaired) electrons. The predicted octanol–water partition coefficient (Wildman–Crippen LogP) is 0.563. The second kappa shape index (κ2) is 8.45. The van der Waals surface area contributed by atoms with Crippen molar-refractivity contribution in [3.63, 3.8) is 0 Å². The second-order valence-electron chi connectivity index (χ2n) is 5.17. The number of carbonyl (C=O) groups is 1. The van der Waals surface area contributed by atoms with Crippen LogP contribution in [0.25, 0.3) is 0 Å². The number of piperidine rings is 1. The number of hydrazine groups is 1. The van der Waals surface area contributed by atoms with Crippen LogP contribution >= 0.6 is 0 Å². The number of rotatable bonds is 7. The van der Waals surface area contributed by atoms with Gasteiger partial charge in [0, 0.05) is 12.5 Å². The maximum Gasteiger partial charge on any atom is 0.233 e. The van der Waals surface area contributed by atoms with E-state index in [1.807, 2.05) is 0 Å². The Labute approximate surface area is 111 Å². The van der Waals surface area contributed by atoms with Gasteiger partial charge in [-0.25, -0.2) is 5.84 Å². The molecule has 0 aromatic carbocycles. The molecule has 1 heterocycles. The number of unbranched alkanes of at least 4 members (excludes halogenated alkanes) is 1. The third-order valence-electron chi connectivity index (χ3n) is 3.95. The van der Waals surface area contributed by atoms with Crippen molar-refractivity contribution in [2.45, 2.75) is 45.1 Å². The minimum Gasteiger partial charge on any atom is -0.303 e. The molecule has 0 spiro atoms. The summed E-state index contributed by atoms with van der Waals surface area (Å²) in [6.45, 7) is 6.92. The highest BCUT2D eigenvalue weighted by atomic mass is 16.2. The summed E-state index contributed by atoms with van der Waals surface area (Å²) < 4.78 is 0. The van der Waals surface area contributed by atoms with Gasteiger partial charge in [0.2, 0.25) is 5.91 Å². The van der Waals surface area contributed by atoms with Crippen LogP contribution in [0.5, 0.6) is 0 Å². The molecule has 0 unspecified atom stereocenters. The molecule has 106 valence electrons. The lowest BCUT2D eigenvalue weighted by atomic mass is 10.0. The fourth-order valence-electron chi connectivity index (χ4n) is 2.58. The lowest BCUT2D eigenvalue weighted by molar-refractivity contribution is -0.121. The van der Waals surface area contributed by atoms with Gasteiger partial charge in [-0.15, -0.1) is 0 Å². The van der Waals surface area contributed by atoms with E-state index in [0.717, 1.165) is 25.4 Å². The maximum absolute atomic E-state index is 11.0. The Morgan fingerprint density at radius 2 is 2.06 bits per heavy atom. The van der Waals surface area contributed by atoms with E-state index < -0.39 is 0 Å². The average molecular weight is 256 g/mol. The average Bonchev–Trinajstić information content (AvgIpc) is 2.43. The normalized spacial score (nSPS) is 18.2. The standard InChI is InChI=1S/C13H28N4O/c1-3-17-10-7-12(8-11-17)16(2)9-5-4-6-13(18)15-14/h12H,3-11,14H2,1-2H3,(H,15,18). The minimum atomic E-state index is -0.0612. The van der Waals surface area contributed by atoms with Crippen LogP contribution < -0.4 is 11.3 Å². The Balaban J connectivity index is 2.10. The quantitative estimate of drug-likeness (QED) is 0.302. The zero-order valence-electron chi connectivity index (χ0n) is 11.8. The van der Waals surface area contributed by atoms with Crippen LogP contribution in [0, 0.1) is 0 Å². The van der Waals surface area contributed by atoms with Gasteiger partial charge >= 0.3 is 0 Å². The fourth-order valence-corrected chi connectivity index (χ4v) is 2.58. The van der Waals surface area contributed by atoms with Crippen LogP contribution in [0.1, 0.15) is 39.0 Å². The van der Waals surface area contributed by atoms with Gasteiger partial charge in [-0.3, -0.25) is 10.2 Å². The van der Waals surface area contributed by atoms with E-state index in [2.05, 4.69) is 29.2 Å². The Morgan fingerprint density at radius 3 is 2.61 bits per heavy atom. The zero-order chi connectivity index (χ0) is 13.4. The number of amides is 1. The van der Waals surface area contributed by atoms with Gasteiger partial charge in [0.25, 0.3) is 0 Å². The molecule has 1 aliphatic heterocycles. The molecule has 18 heavy (non-hydrogen) atoms. The van der Waals surface area contributed by atoms with Gasteiger partial charge in [0.05, 0.1) is 0 Å². The molecule has 5 heteroatoms. The highest BCUT2D eigenvalue weighted by molar-refractivity contribution is 5.75. The highest BCUT2D eigenvalue weighted by Crippen LogP contribution is 2.15. The van der Waals surface area contributed by atoms with Crippen molar-refractivity contribution in [3.8, 4) is 0 Å². The highest BCUT2D eigenvalue weighted by Gasteiger charge is 2.20. The van der Waals surface area contributed by atoms with Crippen LogP contribution in [0.3, 0.4) is 0 Å². The molecule has 0 aromatic heterocycles. The molecule has 0 aliphatic carbocycles. The van der Waals surface area contributed by atoms with Gasteiger partial charge in [-0.05, 0) is 58.9 Å². The first-order valence-corrected chi connectivity index (χ1v) is 7.09. The zero-order valence-corrected chi connectivity index (χ0v) is 11.8. The molecule has 0 atom stereocenters. The van der Waals surface area contributed by atoms with Crippen molar-refractivity contribution < 1.29 is 4.79 Å².